The van der Waals surface area contributed by atoms with Crippen molar-refractivity contribution in [1.29, 1.82) is 0 Å². The summed E-state index contributed by atoms with van der Waals surface area (Å²) in [6.45, 7) is 24.0. The average Bonchev–Trinajstić information content (AvgIpc) is 3.63. The van der Waals surface area contributed by atoms with Crippen LogP contribution in [-0.4, -0.2) is 53.7 Å². The van der Waals surface area contributed by atoms with Crippen molar-refractivity contribution in [2.24, 2.45) is 68.5 Å². The fraction of sp³-hybridized carbons (Fsp3) is 0.818. The third kappa shape index (κ3) is 10.1. The van der Waals surface area contributed by atoms with E-state index in [1.807, 2.05) is 44.2 Å². The Bertz CT molecular complexity index is 1760. The highest BCUT2D eigenvalue weighted by atomic mass is 16.5. The number of amides is 2. The van der Waals surface area contributed by atoms with Crippen LogP contribution < -0.4 is 10.6 Å². The van der Waals surface area contributed by atoms with Gasteiger partial charge in [0, 0.05) is 25.3 Å². The van der Waals surface area contributed by atoms with Crippen LogP contribution in [0, 0.1) is 68.5 Å². The van der Waals surface area contributed by atoms with E-state index in [-0.39, 0.29) is 64.0 Å². The summed E-state index contributed by atoms with van der Waals surface area (Å²) in [4.78, 5) is 52.3. The molecule has 5 aliphatic rings. The fourth-order valence-corrected chi connectivity index (χ4v) is 15.7. The number of carbonyl (C=O) groups is 4. The summed E-state index contributed by atoms with van der Waals surface area (Å²) in [6, 6.07) is 8.95. The van der Waals surface area contributed by atoms with Gasteiger partial charge in [-0.15, -0.1) is 0 Å². The highest BCUT2D eigenvalue weighted by molar-refractivity contribution is 5.83. The van der Waals surface area contributed by atoms with Gasteiger partial charge in [0.25, 0.3) is 0 Å². The van der Waals surface area contributed by atoms with Crippen molar-refractivity contribution in [3.05, 3.63) is 35.9 Å². The van der Waals surface area contributed by atoms with Gasteiger partial charge in [-0.05, 0) is 147 Å². The molecule has 2 amide bonds. The van der Waals surface area contributed by atoms with E-state index in [1.54, 1.807) is 6.92 Å². The zero-order chi connectivity index (χ0) is 46.7. The molecule has 0 unspecified atom stereocenters. The van der Waals surface area contributed by atoms with E-state index in [1.165, 1.54) is 25.7 Å². The molecule has 5 fully saturated rings. The fourth-order valence-electron chi connectivity index (χ4n) is 15.7. The normalized spacial score (nSPS) is 35.0. The predicted octanol–water partition coefficient (Wildman–Crippen LogP) is 11.1. The highest BCUT2D eigenvalue weighted by Crippen LogP contribution is 2.77. The zero-order valence-corrected chi connectivity index (χ0v) is 41.7. The average molecular weight is 889 g/mol. The number of fused-ring (bicyclic) bond motifs is 7. The molecule has 9 heteroatoms. The number of carbonyl (C=O) groups excluding carboxylic acids is 4. The van der Waals surface area contributed by atoms with Crippen molar-refractivity contribution < 1.29 is 33.8 Å². The number of aliphatic hydroxyl groups is 1. The smallest absolute Gasteiger partial charge is 0.308 e. The minimum absolute atomic E-state index is 0.00982. The molecule has 3 N–H and O–H groups in total. The van der Waals surface area contributed by atoms with E-state index in [2.05, 4.69) is 59.1 Å². The first-order chi connectivity index (χ1) is 30.2. The molecule has 0 radical (unpaired) electrons. The van der Waals surface area contributed by atoms with Crippen LogP contribution in [0.4, 0.5) is 0 Å². The van der Waals surface area contributed by atoms with Gasteiger partial charge >= 0.3 is 11.9 Å². The summed E-state index contributed by atoms with van der Waals surface area (Å²) >= 11 is 0. The molecule has 0 heterocycles. The third-order valence-corrected chi connectivity index (χ3v) is 19.1. The monoisotopic (exact) mass is 889 g/mol. The lowest BCUT2D eigenvalue weighted by atomic mass is 9.32. The Morgan fingerprint density at radius 1 is 0.781 bits per heavy atom. The van der Waals surface area contributed by atoms with Crippen LogP contribution in [0.15, 0.2) is 30.3 Å². The lowest BCUT2D eigenvalue weighted by molar-refractivity contribution is -0.250. The van der Waals surface area contributed by atoms with Gasteiger partial charge in [0.2, 0.25) is 11.8 Å². The minimum Gasteiger partial charge on any atom is -0.462 e. The van der Waals surface area contributed by atoms with Crippen LogP contribution in [0.2, 0.25) is 0 Å². The predicted molar refractivity (Wildman–Crippen MR) is 254 cm³/mol. The van der Waals surface area contributed by atoms with Gasteiger partial charge in [-0.2, -0.15) is 0 Å². The maximum absolute atomic E-state index is 14.7. The molecule has 0 aromatic heterocycles. The van der Waals surface area contributed by atoms with E-state index in [4.69, 9.17) is 9.47 Å². The molecular weight excluding hydrogens is 801 g/mol. The van der Waals surface area contributed by atoms with E-state index in [0.29, 0.717) is 60.8 Å². The lowest BCUT2D eigenvalue weighted by Gasteiger charge is -2.73. The molecule has 5 saturated carbocycles. The van der Waals surface area contributed by atoms with Crippen LogP contribution in [0.5, 0.6) is 0 Å². The highest BCUT2D eigenvalue weighted by Gasteiger charge is 2.72. The van der Waals surface area contributed by atoms with Crippen molar-refractivity contribution in [2.75, 3.05) is 6.54 Å². The second-order valence-corrected chi connectivity index (χ2v) is 23.8. The Balaban J connectivity index is 0.976. The van der Waals surface area contributed by atoms with Gasteiger partial charge < -0.3 is 25.2 Å². The van der Waals surface area contributed by atoms with E-state index in [0.717, 1.165) is 76.2 Å². The largest absolute Gasteiger partial charge is 0.462 e. The maximum atomic E-state index is 14.7. The maximum Gasteiger partial charge on any atom is 0.308 e. The molecule has 1 aromatic rings. The first-order valence-corrected chi connectivity index (χ1v) is 25.8. The van der Waals surface area contributed by atoms with E-state index in [9.17, 15) is 24.3 Å². The second kappa shape index (κ2) is 20.5. The standard InChI is InChI=1S/C55H88N2O7/c1-36(2)33-42(43(59)34-48(61)63-35-39-19-15-14-16-20-39)57-47(60)21-17-12-11-13-18-32-56-50(62)55-29-24-40(37(3)4)49(55)41-22-23-45-52(8)27-26-46(64-38(5)58)51(6,7)44(52)25-28-54(45,10)53(41,9)30-31-55/h14-16,19-20,36-37,40-46,49,59H,11-13,17-18,21-35H2,1-10H3,(H,56,62)(H,57,60)/t40-,41+,42-,43+,44-,45+,46-,49+,52-,53+,54+,55-/m0/s1. The molecule has 12 atom stereocenters. The number of ether oxygens (including phenoxy) is 2. The molecule has 0 aliphatic heterocycles. The summed E-state index contributed by atoms with van der Waals surface area (Å²) in [5.41, 5.74) is 1.19. The topological polar surface area (TPSA) is 131 Å². The van der Waals surface area contributed by atoms with Gasteiger partial charge in [-0.3, -0.25) is 19.2 Å². The number of hydrogen-bond acceptors (Lipinski definition) is 7. The zero-order valence-electron chi connectivity index (χ0n) is 41.7. The van der Waals surface area contributed by atoms with E-state index < -0.39 is 18.1 Å². The molecule has 0 bridgehead atoms. The molecular formula is C55H88N2O7. The van der Waals surface area contributed by atoms with Gasteiger partial charge in [0.15, 0.2) is 0 Å². The van der Waals surface area contributed by atoms with Crippen LogP contribution in [0.1, 0.15) is 190 Å². The molecule has 64 heavy (non-hydrogen) atoms. The Morgan fingerprint density at radius 3 is 2.17 bits per heavy atom. The molecule has 0 saturated heterocycles. The first-order valence-electron chi connectivity index (χ1n) is 25.8. The van der Waals surface area contributed by atoms with Gasteiger partial charge in [0.1, 0.15) is 12.7 Å². The Morgan fingerprint density at radius 2 is 1.48 bits per heavy atom. The Kier molecular flexibility index (Phi) is 16.2. The molecule has 9 nitrogen and oxygen atoms in total. The van der Waals surface area contributed by atoms with Crippen molar-refractivity contribution in [3.63, 3.8) is 0 Å². The number of nitrogens with one attached hydrogen (secondary N) is 2. The summed E-state index contributed by atoms with van der Waals surface area (Å²) in [5, 5.41) is 17.4. The number of unbranched alkanes of at least 4 members (excludes halogenated alkanes) is 4. The summed E-state index contributed by atoms with van der Waals surface area (Å²) in [5.74, 6) is 3.09. The summed E-state index contributed by atoms with van der Waals surface area (Å²) in [7, 11) is 0. The number of esters is 2. The number of benzene rings is 1. The quantitative estimate of drug-likeness (QED) is 0.0931. The van der Waals surface area contributed by atoms with Gasteiger partial charge in [-0.25, -0.2) is 0 Å². The SMILES string of the molecule is CC(=O)O[C@H]1CC[C@]2(C)[C@H]3CC[C@@H]4[C@H]5[C@H](C(C)C)CC[C@]5(C(=O)NCCCCCCCC(=O)N[C@@H](CC(C)C)[C@H](O)CC(=O)OCc5ccccc5)CC[C@@]4(C)[C@]3(C)CC[C@H]2C1(C)C. The second-order valence-electron chi connectivity index (χ2n) is 23.8. The van der Waals surface area contributed by atoms with Crippen molar-refractivity contribution in [3.8, 4) is 0 Å². The number of aliphatic hydroxyl groups excluding tert-OH is 1. The molecule has 0 spiro atoms. The first kappa shape index (κ1) is 50.5. The summed E-state index contributed by atoms with van der Waals surface area (Å²) in [6.07, 6.45) is 15.6. The minimum atomic E-state index is -1.01. The molecule has 6 rings (SSSR count). The molecule has 1 aromatic carbocycles. The van der Waals surface area contributed by atoms with Crippen LogP contribution in [-0.2, 0) is 35.3 Å². The van der Waals surface area contributed by atoms with Crippen LogP contribution in [0.3, 0.4) is 0 Å². The molecule has 5 aliphatic carbocycles. The number of rotatable bonds is 19. The van der Waals surface area contributed by atoms with Crippen LogP contribution in [0.25, 0.3) is 0 Å². The number of hydrogen-bond donors (Lipinski definition) is 3. The Labute approximate surface area is 387 Å². The van der Waals surface area contributed by atoms with Gasteiger partial charge in [0.05, 0.1) is 24.0 Å². The molecule has 360 valence electrons. The van der Waals surface area contributed by atoms with Crippen molar-refractivity contribution in [2.45, 2.75) is 210 Å². The summed E-state index contributed by atoms with van der Waals surface area (Å²) < 4.78 is 11.4. The van der Waals surface area contributed by atoms with Crippen molar-refractivity contribution >= 4 is 23.8 Å². The Hall–Kier alpha value is -2.94. The van der Waals surface area contributed by atoms with Crippen LogP contribution >= 0.6 is 0 Å². The van der Waals surface area contributed by atoms with E-state index >= 15 is 0 Å². The lowest BCUT2D eigenvalue weighted by Crippen LogP contribution is -2.67. The third-order valence-electron chi connectivity index (χ3n) is 19.1. The van der Waals surface area contributed by atoms with Gasteiger partial charge in [-0.1, -0.05) is 112 Å². The van der Waals surface area contributed by atoms with Crippen molar-refractivity contribution in [1.82, 2.24) is 10.6 Å².